The Balaban J connectivity index is 2.50. The van der Waals surface area contributed by atoms with E-state index < -0.39 is 0 Å². The molecule has 1 aromatic rings. The molecule has 0 aliphatic carbocycles. The minimum Gasteiger partial charge on any atom is -0.491 e. The van der Waals surface area contributed by atoms with E-state index in [-0.39, 0.29) is 6.10 Å². The Kier molecular flexibility index (Phi) is 6.93. The van der Waals surface area contributed by atoms with Gasteiger partial charge in [0.25, 0.3) is 0 Å². The fourth-order valence-corrected chi connectivity index (χ4v) is 2.15. The van der Waals surface area contributed by atoms with Crippen molar-refractivity contribution in [3.8, 4) is 5.75 Å². The Morgan fingerprint density at radius 3 is 2.05 bits per heavy atom. The lowest BCUT2D eigenvalue weighted by atomic mass is 10.0. The summed E-state index contributed by atoms with van der Waals surface area (Å²) in [4.78, 5) is 0. The predicted molar refractivity (Wildman–Crippen MR) is 82.7 cm³/mol. The summed E-state index contributed by atoms with van der Waals surface area (Å²) in [6.07, 6.45) is 2.73. The number of nitrogens with one attached hydrogen (secondary N) is 1. The van der Waals surface area contributed by atoms with Crippen molar-refractivity contribution in [1.29, 1.82) is 0 Å². The van der Waals surface area contributed by atoms with Crippen molar-refractivity contribution < 1.29 is 4.74 Å². The Morgan fingerprint density at radius 1 is 1.00 bits per heavy atom. The van der Waals surface area contributed by atoms with Gasteiger partial charge in [-0.3, -0.25) is 0 Å². The van der Waals surface area contributed by atoms with Crippen LogP contribution in [-0.4, -0.2) is 12.6 Å². The maximum absolute atomic E-state index is 5.66. The fourth-order valence-electron chi connectivity index (χ4n) is 2.15. The van der Waals surface area contributed by atoms with E-state index in [1.54, 1.807) is 0 Å². The van der Waals surface area contributed by atoms with Crippen LogP contribution in [0.25, 0.3) is 0 Å². The predicted octanol–water partition coefficient (Wildman–Crippen LogP) is 4.56. The van der Waals surface area contributed by atoms with Gasteiger partial charge in [0.15, 0.2) is 0 Å². The van der Waals surface area contributed by atoms with Crippen molar-refractivity contribution in [2.45, 2.75) is 59.6 Å². The molecule has 108 valence electrons. The topological polar surface area (TPSA) is 21.3 Å². The first-order chi connectivity index (χ1) is 9.06. The smallest absolute Gasteiger partial charge is 0.119 e. The first-order valence-corrected chi connectivity index (χ1v) is 7.56. The van der Waals surface area contributed by atoms with Crippen LogP contribution in [0.15, 0.2) is 24.3 Å². The van der Waals surface area contributed by atoms with Crippen LogP contribution in [0.2, 0.25) is 0 Å². The van der Waals surface area contributed by atoms with Gasteiger partial charge < -0.3 is 10.1 Å². The number of ether oxygens (including phenoxy) is 1. The van der Waals surface area contributed by atoms with Crippen LogP contribution in [-0.2, 0) is 0 Å². The van der Waals surface area contributed by atoms with Crippen molar-refractivity contribution in [1.82, 2.24) is 5.32 Å². The third kappa shape index (κ3) is 5.65. The second-order valence-electron chi connectivity index (χ2n) is 5.55. The molecule has 1 unspecified atom stereocenters. The number of benzene rings is 1. The minimum absolute atomic E-state index is 0.233. The van der Waals surface area contributed by atoms with Crippen LogP contribution in [0, 0.1) is 5.92 Å². The molecule has 0 heterocycles. The first-order valence-electron chi connectivity index (χ1n) is 7.56. The van der Waals surface area contributed by atoms with Crippen LogP contribution in [0.3, 0.4) is 0 Å². The Bertz CT molecular complexity index is 341. The average molecular weight is 263 g/mol. The molecular weight excluding hydrogens is 234 g/mol. The van der Waals surface area contributed by atoms with E-state index in [0.717, 1.165) is 18.2 Å². The van der Waals surface area contributed by atoms with E-state index in [1.165, 1.54) is 18.4 Å². The van der Waals surface area contributed by atoms with E-state index >= 15 is 0 Å². The summed E-state index contributed by atoms with van der Waals surface area (Å²) in [7, 11) is 0. The maximum Gasteiger partial charge on any atom is 0.119 e. The molecule has 0 spiro atoms. The normalized spacial score (nSPS) is 13.0. The largest absolute Gasteiger partial charge is 0.491 e. The standard InChI is InChI=1S/C17H29NO/c1-6-15(7-2)12-18-14(5)16-8-10-17(11-9-16)19-13(3)4/h8-11,13-15,18H,6-7,12H2,1-5H3. The second-order valence-corrected chi connectivity index (χ2v) is 5.55. The third-order valence-electron chi connectivity index (χ3n) is 3.62. The van der Waals surface area contributed by atoms with Gasteiger partial charge in [0.2, 0.25) is 0 Å². The molecule has 1 rings (SSSR count). The lowest BCUT2D eigenvalue weighted by molar-refractivity contribution is 0.242. The minimum atomic E-state index is 0.233. The van der Waals surface area contributed by atoms with Crippen LogP contribution < -0.4 is 10.1 Å². The van der Waals surface area contributed by atoms with Crippen molar-refractivity contribution in [3.63, 3.8) is 0 Å². The van der Waals surface area contributed by atoms with Crippen molar-refractivity contribution >= 4 is 0 Å². The average Bonchev–Trinajstić information content (AvgIpc) is 2.39. The molecule has 1 atom stereocenters. The summed E-state index contributed by atoms with van der Waals surface area (Å²) in [6.45, 7) is 11.9. The molecule has 0 aliphatic heterocycles. The molecule has 0 aromatic heterocycles. The van der Waals surface area contributed by atoms with Gasteiger partial charge in [-0.15, -0.1) is 0 Å². The lowest BCUT2D eigenvalue weighted by Gasteiger charge is -2.19. The molecule has 0 saturated carbocycles. The molecule has 1 N–H and O–H groups in total. The van der Waals surface area contributed by atoms with Gasteiger partial charge >= 0.3 is 0 Å². The Labute approximate surface area is 118 Å². The van der Waals surface area contributed by atoms with Crippen LogP contribution in [0.5, 0.6) is 5.75 Å². The Hall–Kier alpha value is -1.02. The first kappa shape index (κ1) is 16.0. The van der Waals surface area contributed by atoms with Gasteiger partial charge in [-0.05, 0) is 50.9 Å². The Morgan fingerprint density at radius 2 is 1.58 bits per heavy atom. The molecule has 0 radical (unpaired) electrons. The van der Waals surface area contributed by atoms with Gasteiger partial charge in [-0.1, -0.05) is 38.8 Å². The monoisotopic (exact) mass is 263 g/mol. The maximum atomic E-state index is 5.66. The summed E-state index contributed by atoms with van der Waals surface area (Å²) in [5.41, 5.74) is 1.32. The number of hydrogen-bond donors (Lipinski definition) is 1. The molecule has 0 bridgehead atoms. The number of hydrogen-bond acceptors (Lipinski definition) is 2. The SMILES string of the molecule is CCC(CC)CNC(C)c1ccc(OC(C)C)cc1. The highest BCUT2D eigenvalue weighted by molar-refractivity contribution is 5.29. The third-order valence-corrected chi connectivity index (χ3v) is 3.62. The van der Waals surface area contributed by atoms with Crippen molar-refractivity contribution in [3.05, 3.63) is 29.8 Å². The summed E-state index contributed by atoms with van der Waals surface area (Å²) < 4.78 is 5.66. The highest BCUT2D eigenvalue weighted by atomic mass is 16.5. The molecule has 0 saturated heterocycles. The molecule has 0 aliphatic rings. The summed E-state index contributed by atoms with van der Waals surface area (Å²) in [5, 5.41) is 3.62. The van der Waals surface area contributed by atoms with Crippen LogP contribution in [0.4, 0.5) is 0 Å². The molecular formula is C17H29NO. The van der Waals surface area contributed by atoms with Crippen molar-refractivity contribution in [2.75, 3.05) is 6.54 Å². The highest BCUT2D eigenvalue weighted by Gasteiger charge is 2.08. The van der Waals surface area contributed by atoms with Gasteiger partial charge in [-0.25, -0.2) is 0 Å². The molecule has 0 amide bonds. The van der Waals surface area contributed by atoms with Crippen molar-refractivity contribution in [2.24, 2.45) is 5.92 Å². The van der Waals surface area contributed by atoms with E-state index in [4.69, 9.17) is 4.74 Å². The van der Waals surface area contributed by atoms with E-state index in [2.05, 4.69) is 50.4 Å². The van der Waals surface area contributed by atoms with Gasteiger partial charge in [0.05, 0.1) is 6.10 Å². The second kappa shape index (κ2) is 8.21. The lowest BCUT2D eigenvalue weighted by Crippen LogP contribution is -2.25. The van der Waals surface area contributed by atoms with Crippen LogP contribution in [0.1, 0.15) is 59.1 Å². The zero-order valence-corrected chi connectivity index (χ0v) is 13.1. The van der Waals surface area contributed by atoms with E-state index in [0.29, 0.717) is 6.04 Å². The summed E-state index contributed by atoms with van der Waals surface area (Å²) in [5.74, 6) is 1.73. The van der Waals surface area contributed by atoms with Gasteiger partial charge in [0.1, 0.15) is 5.75 Å². The summed E-state index contributed by atoms with van der Waals surface area (Å²) in [6, 6.07) is 8.83. The molecule has 1 aromatic carbocycles. The fraction of sp³-hybridized carbons (Fsp3) is 0.647. The molecule has 2 heteroatoms. The van der Waals surface area contributed by atoms with E-state index in [9.17, 15) is 0 Å². The zero-order chi connectivity index (χ0) is 14.3. The van der Waals surface area contributed by atoms with Gasteiger partial charge in [-0.2, -0.15) is 0 Å². The van der Waals surface area contributed by atoms with Gasteiger partial charge in [0, 0.05) is 6.04 Å². The molecule has 0 fully saturated rings. The zero-order valence-electron chi connectivity index (χ0n) is 13.1. The molecule has 19 heavy (non-hydrogen) atoms. The van der Waals surface area contributed by atoms with Crippen LogP contribution >= 0.6 is 0 Å². The quantitative estimate of drug-likeness (QED) is 0.742. The summed E-state index contributed by atoms with van der Waals surface area (Å²) >= 11 is 0. The van der Waals surface area contributed by atoms with E-state index in [1.807, 2.05) is 13.8 Å². The number of rotatable bonds is 8. The molecule has 2 nitrogen and oxygen atoms in total. The highest BCUT2D eigenvalue weighted by Crippen LogP contribution is 2.19.